The van der Waals surface area contributed by atoms with Gasteiger partial charge in [0.15, 0.2) is 5.96 Å². The Bertz CT molecular complexity index is 627. The molecule has 1 aromatic rings. The van der Waals surface area contributed by atoms with Crippen molar-refractivity contribution in [3.63, 3.8) is 0 Å². The van der Waals surface area contributed by atoms with E-state index in [2.05, 4.69) is 61.9 Å². The number of pyridine rings is 1. The van der Waals surface area contributed by atoms with Crippen LogP contribution in [0.3, 0.4) is 0 Å². The fourth-order valence-electron chi connectivity index (χ4n) is 4.49. The SMILES string of the molecule is CCNC(=NCc1ccc(N2CC(C)OC(C)C2)nc1)N1CC(C)CC(C)C1. The molecule has 2 aliphatic rings. The smallest absolute Gasteiger partial charge is 0.194 e. The molecular weight excluding hydrogens is 350 g/mol. The summed E-state index contributed by atoms with van der Waals surface area (Å²) in [5.41, 5.74) is 1.15. The number of aliphatic imine (C=N–C) groups is 1. The highest BCUT2D eigenvalue weighted by Gasteiger charge is 2.24. The van der Waals surface area contributed by atoms with Crippen LogP contribution in [0.2, 0.25) is 0 Å². The molecule has 2 aliphatic heterocycles. The van der Waals surface area contributed by atoms with Crippen molar-refractivity contribution in [2.24, 2.45) is 16.8 Å². The number of anilines is 1. The fraction of sp³-hybridized carbons (Fsp3) is 0.727. The maximum absolute atomic E-state index is 5.82. The molecule has 0 aliphatic carbocycles. The van der Waals surface area contributed by atoms with Crippen LogP contribution in [-0.2, 0) is 11.3 Å². The average Bonchev–Trinajstić information content (AvgIpc) is 2.64. The summed E-state index contributed by atoms with van der Waals surface area (Å²) in [4.78, 5) is 14.3. The van der Waals surface area contributed by atoms with Crippen LogP contribution in [0.25, 0.3) is 0 Å². The van der Waals surface area contributed by atoms with Gasteiger partial charge in [-0.05, 0) is 50.7 Å². The Balaban J connectivity index is 1.64. The van der Waals surface area contributed by atoms with Crippen LogP contribution in [0.4, 0.5) is 5.82 Å². The van der Waals surface area contributed by atoms with Gasteiger partial charge in [-0.2, -0.15) is 0 Å². The summed E-state index contributed by atoms with van der Waals surface area (Å²) in [6.07, 6.45) is 3.76. The molecule has 6 nitrogen and oxygen atoms in total. The van der Waals surface area contributed by atoms with Crippen LogP contribution in [0.1, 0.15) is 46.6 Å². The van der Waals surface area contributed by atoms with Crippen molar-refractivity contribution in [2.45, 2.75) is 59.8 Å². The third kappa shape index (κ3) is 5.60. The first kappa shape index (κ1) is 20.9. The topological polar surface area (TPSA) is 53.0 Å². The van der Waals surface area contributed by atoms with E-state index < -0.39 is 0 Å². The number of hydrogen-bond acceptors (Lipinski definition) is 4. The maximum atomic E-state index is 5.82. The van der Waals surface area contributed by atoms with Crippen LogP contribution < -0.4 is 10.2 Å². The van der Waals surface area contributed by atoms with Crippen LogP contribution in [0, 0.1) is 11.8 Å². The highest BCUT2D eigenvalue weighted by Crippen LogP contribution is 2.21. The molecule has 0 bridgehead atoms. The summed E-state index contributed by atoms with van der Waals surface area (Å²) in [6.45, 7) is 16.6. The number of ether oxygens (including phenoxy) is 1. The van der Waals surface area contributed by atoms with E-state index in [1.165, 1.54) is 6.42 Å². The Hall–Kier alpha value is -1.82. The van der Waals surface area contributed by atoms with E-state index in [4.69, 9.17) is 14.7 Å². The van der Waals surface area contributed by atoms with Gasteiger partial charge in [0.2, 0.25) is 0 Å². The second-order valence-corrected chi connectivity index (χ2v) is 8.71. The van der Waals surface area contributed by atoms with Gasteiger partial charge in [0, 0.05) is 38.9 Å². The van der Waals surface area contributed by atoms with Crippen molar-refractivity contribution in [3.05, 3.63) is 23.9 Å². The number of piperidine rings is 1. The minimum absolute atomic E-state index is 0.242. The van der Waals surface area contributed by atoms with Gasteiger partial charge in [-0.25, -0.2) is 9.98 Å². The first-order chi connectivity index (χ1) is 13.4. The van der Waals surface area contributed by atoms with Crippen molar-refractivity contribution in [3.8, 4) is 0 Å². The standard InChI is InChI=1S/C22H37N5O/c1-6-23-22(27-12-16(2)9-17(3)13-27)25-11-20-7-8-21(24-10-20)26-14-18(4)28-19(5)15-26/h7-8,10,16-19H,6,9,11-15H2,1-5H3,(H,23,25). The summed E-state index contributed by atoms with van der Waals surface area (Å²) < 4.78 is 5.82. The van der Waals surface area contributed by atoms with E-state index in [9.17, 15) is 0 Å². The van der Waals surface area contributed by atoms with Gasteiger partial charge in [0.25, 0.3) is 0 Å². The predicted octanol–water partition coefficient (Wildman–Crippen LogP) is 3.14. The number of likely N-dealkylation sites (tertiary alicyclic amines) is 1. The lowest BCUT2D eigenvalue weighted by molar-refractivity contribution is -0.00545. The van der Waals surface area contributed by atoms with Gasteiger partial charge >= 0.3 is 0 Å². The zero-order valence-corrected chi connectivity index (χ0v) is 18.2. The molecule has 2 saturated heterocycles. The molecule has 28 heavy (non-hydrogen) atoms. The molecule has 0 radical (unpaired) electrons. The van der Waals surface area contributed by atoms with E-state index >= 15 is 0 Å². The summed E-state index contributed by atoms with van der Waals surface area (Å²) in [6, 6.07) is 4.27. The van der Waals surface area contributed by atoms with Gasteiger partial charge in [0.05, 0.1) is 18.8 Å². The molecule has 0 spiro atoms. The summed E-state index contributed by atoms with van der Waals surface area (Å²) >= 11 is 0. The monoisotopic (exact) mass is 387 g/mol. The molecule has 0 saturated carbocycles. The Kier molecular flexibility index (Phi) is 7.16. The highest BCUT2D eigenvalue weighted by atomic mass is 16.5. The summed E-state index contributed by atoms with van der Waals surface area (Å²) in [5, 5.41) is 3.47. The Morgan fingerprint density at radius 1 is 1.11 bits per heavy atom. The quantitative estimate of drug-likeness (QED) is 0.635. The molecule has 1 aromatic heterocycles. The first-order valence-electron chi connectivity index (χ1n) is 10.8. The van der Waals surface area contributed by atoms with Crippen LogP contribution in [-0.4, -0.2) is 60.8 Å². The molecule has 0 aromatic carbocycles. The van der Waals surface area contributed by atoms with Crippen molar-refractivity contribution in [1.29, 1.82) is 0 Å². The average molecular weight is 388 g/mol. The number of guanidine groups is 1. The van der Waals surface area contributed by atoms with Crippen molar-refractivity contribution >= 4 is 11.8 Å². The molecule has 6 heteroatoms. The number of rotatable bonds is 4. The lowest BCUT2D eigenvalue weighted by atomic mass is 9.92. The summed E-state index contributed by atoms with van der Waals surface area (Å²) in [5.74, 6) is 3.49. The third-order valence-corrected chi connectivity index (χ3v) is 5.47. The van der Waals surface area contributed by atoms with Gasteiger partial charge in [-0.1, -0.05) is 19.9 Å². The molecule has 3 rings (SSSR count). The summed E-state index contributed by atoms with van der Waals surface area (Å²) in [7, 11) is 0. The van der Waals surface area contributed by atoms with E-state index in [-0.39, 0.29) is 12.2 Å². The van der Waals surface area contributed by atoms with Crippen LogP contribution in [0.15, 0.2) is 23.3 Å². The third-order valence-electron chi connectivity index (χ3n) is 5.47. The highest BCUT2D eigenvalue weighted by molar-refractivity contribution is 5.80. The second kappa shape index (κ2) is 9.59. The zero-order chi connectivity index (χ0) is 20.1. The number of nitrogens with zero attached hydrogens (tertiary/aromatic N) is 4. The molecule has 4 unspecified atom stereocenters. The number of nitrogens with one attached hydrogen (secondary N) is 1. The largest absolute Gasteiger partial charge is 0.372 e. The molecule has 156 valence electrons. The second-order valence-electron chi connectivity index (χ2n) is 8.71. The molecule has 2 fully saturated rings. The lowest BCUT2D eigenvalue weighted by Crippen LogP contribution is -2.48. The van der Waals surface area contributed by atoms with Gasteiger partial charge < -0.3 is 19.9 Å². The number of hydrogen-bond donors (Lipinski definition) is 1. The van der Waals surface area contributed by atoms with E-state index in [1.807, 2.05) is 6.20 Å². The van der Waals surface area contributed by atoms with Gasteiger partial charge in [-0.15, -0.1) is 0 Å². The molecule has 3 heterocycles. The first-order valence-corrected chi connectivity index (χ1v) is 10.8. The number of aromatic nitrogens is 1. The predicted molar refractivity (Wildman–Crippen MR) is 116 cm³/mol. The zero-order valence-electron chi connectivity index (χ0n) is 18.2. The maximum Gasteiger partial charge on any atom is 0.194 e. The fourth-order valence-corrected chi connectivity index (χ4v) is 4.49. The van der Waals surface area contributed by atoms with Crippen molar-refractivity contribution in [1.82, 2.24) is 15.2 Å². The Morgan fingerprint density at radius 3 is 2.36 bits per heavy atom. The van der Waals surface area contributed by atoms with Gasteiger partial charge in [-0.3, -0.25) is 0 Å². The molecule has 4 atom stereocenters. The minimum atomic E-state index is 0.242. The van der Waals surface area contributed by atoms with Crippen LogP contribution in [0.5, 0.6) is 0 Å². The Morgan fingerprint density at radius 2 is 1.79 bits per heavy atom. The van der Waals surface area contributed by atoms with Gasteiger partial charge in [0.1, 0.15) is 5.82 Å². The molecule has 0 amide bonds. The molecular formula is C22H37N5O. The van der Waals surface area contributed by atoms with Crippen molar-refractivity contribution in [2.75, 3.05) is 37.6 Å². The number of morpholine rings is 1. The molecule has 1 N–H and O–H groups in total. The Labute approximate surface area is 170 Å². The lowest BCUT2D eigenvalue weighted by Gasteiger charge is -2.37. The normalized spacial score (nSPS) is 29.1. The van der Waals surface area contributed by atoms with E-state index in [0.29, 0.717) is 18.4 Å². The van der Waals surface area contributed by atoms with Crippen molar-refractivity contribution < 1.29 is 4.74 Å². The van der Waals surface area contributed by atoms with Crippen LogP contribution >= 0.6 is 0 Å². The van der Waals surface area contributed by atoms with E-state index in [0.717, 1.165) is 50.1 Å². The van der Waals surface area contributed by atoms with E-state index in [1.54, 1.807) is 0 Å². The minimum Gasteiger partial charge on any atom is -0.372 e.